The minimum absolute atomic E-state index is 0.0265. The Morgan fingerprint density at radius 1 is 0.975 bits per heavy atom. The summed E-state index contributed by atoms with van der Waals surface area (Å²) in [7, 11) is -2.11. The van der Waals surface area contributed by atoms with E-state index in [0.29, 0.717) is 6.61 Å². The molecule has 1 aliphatic rings. The zero-order chi connectivity index (χ0) is 28.9. The molecule has 3 unspecified atom stereocenters. The van der Waals surface area contributed by atoms with Gasteiger partial charge in [-0.3, -0.25) is 0 Å². The first kappa shape index (κ1) is 30.2. The molecule has 0 saturated heterocycles. The Labute approximate surface area is 241 Å². The number of ether oxygens (including phenoxy) is 2. The Morgan fingerprint density at radius 3 is 2.23 bits per heavy atom. The van der Waals surface area contributed by atoms with Gasteiger partial charge in [0.1, 0.15) is 11.5 Å². The van der Waals surface area contributed by atoms with Gasteiger partial charge in [-0.05, 0) is 72.4 Å². The number of nitrogens with one attached hydrogen (secondary N) is 1. The Hall–Kier alpha value is -2.74. The van der Waals surface area contributed by atoms with Crippen molar-refractivity contribution in [2.24, 2.45) is 5.73 Å². The molecule has 5 nitrogen and oxygen atoms in total. The summed E-state index contributed by atoms with van der Waals surface area (Å²) in [6.45, 7) is 17.8. The molecule has 0 heterocycles. The monoisotopic (exact) mass is 558 g/mol. The van der Waals surface area contributed by atoms with Gasteiger partial charge >= 0.3 is 0 Å². The molecule has 40 heavy (non-hydrogen) atoms. The fourth-order valence-corrected chi connectivity index (χ4v) is 6.44. The topological polar surface area (TPSA) is 65.7 Å². The lowest BCUT2D eigenvalue weighted by atomic mass is 9.95. The molecule has 3 N–H and O–H groups in total. The van der Waals surface area contributed by atoms with Crippen molar-refractivity contribution in [3.8, 4) is 11.5 Å². The van der Waals surface area contributed by atoms with E-state index in [2.05, 4.69) is 89.1 Å². The minimum Gasteiger partial charge on any atom is -0.457 e. The SMILES string of the molecule is C=CCOC1CC(NC(c2ccccc2)[C@H](O[Si](C)(C)C(C)(C)C)[C@H](C)N)c2cc(Oc3ccccc3)ccc21. The van der Waals surface area contributed by atoms with Crippen molar-refractivity contribution >= 4 is 8.32 Å². The van der Waals surface area contributed by atoms with Crippen molar-refractivity contribution in [1.29, 1.82) is 0 Å². The zero-order valence-electron chi connectivity index (χ0n) is 24.9. The summed E-state index contributed by atoms with van der Waals surface area (Å²) >= 11 is 0. The van der Waals surface area contributed by atoms with Gasteiger partial charge in [-0.2, -0.15) is 0 Å². The first-order chi connectivity index (χ1) is 19.0. The first-order valence-corrected chi connectivity index (χ1v) is 17.2. The highest BCUT2D eigenvalue weighted by Gasteiger charge is 2.43. The van der Waals surface area contributed by atoms with Crippen LogP contribution in [-0.4, -0.2) is 27.1 Å². The average molecular weight is 559 g/mol. The van der Waals surface area contributed by atoms with E-state index in [1.807, 2.05) is 42.5 Å². The molecule has 0 aliphatic heterocycles. The fraction of sp³-hybridized carbons (Fsp3) is 0.412. The van der Waals surface area contributed by atoms with Crippen molar-refractivity contribution in [3.63, 3.8) is 0 Å². The highest BCUT2D eigenvalue weighted by molar-refractivity contribution is 6.74. The highest BCUT2D eigenvalue weighted by Crippen LogP contribution is 2.45. The Balaban J connectivity index is 1.71. The molecule has 0 bridgehead atoms. The summed E-state index contributed by atoms with van der Waals surface area (Å²) in [5.74, 6) is 1.62. The van der Waals surface area contributed by atoms with Gasteiger partial charge in [0.2, 0.25) is 0 Å². The van der Waals surface area contributed by atoms with Crippen LogP contribution in [0.5, 0.6) is 11.5 Å². The number of benzene rings is 3. The number of fused-ring (bicyclic) bond motifs is 1. The molecule has 4 rings (SSSR count). The lowest BCUT2D eigenvalue weighted by Crippen LogP contribution is -2.53. The van der Waals surface area contributed by atoms with Gasteiger partial charge in [0, 0.05) is 12.1 Å². The van der Waals surface area contributed by atoms with Gasteiger partial charge < -0.3 is 25.0 Å². The summed E-state index contributed by atoms with van der Waals surface area (Å²) in [6, 6.07) is 26.5. The molecule has 0 saturated carbocycles. The number of hydrogen-bond acceptors (Lipinski definition) is 5. The van der Waals surface area contributed by atoms with Gasteiger partial charge in [0.15, 0.2) is 8.32 Å². The quantitative estimate of drug-likeness (QED) is 0.173. The molecule has 0 amide bonds. The van der Waals surface area contributed by atoms with Crippen LogP contribution in [0.15, 0.2) is 91.5 Å². The first-order valence-electron chi connectivity index (χ1n) is 14.3. The molecule has 0 radical (unpaired) electrons. The largest absolute Gasteiger partial charge is 0.457 e. The van der Waals surface area contributed by atoms with Crippen LogP contribution in [0.3, 0.4) is 0 Å². The third-order valence-corrected chi connectivity index (χ3v) is 12.7. The molecule has 5 atom stereocenters. The normalized spacial score (nSPS) is 19.5. The van der Waals surface area contributed by atoms with Crippen LogP contribution in [-0.2, 0) is 9.16 Å². The lowest BCUT2D eigenvalue weighted by molar-refractivity contribution is 0.0636. The van der Waals surface area contributed by atoms with Crippen molar-refractivity contribution in [3.05, 3.63) is 108 Å². The van der Waals surface area contributed by atoms with E-state index in [0.717, 1.165) is 23.5 Å². The summed E-state index contributed by atoms with van der Waals surface area (Å²) in [5, 5.41) is 4.06. The average Bonchev–Trinajstić information content (AvgIpc) is 3.26. The number of hydrogen-bond donors (Lipinski definition) is 2. The Kier molecular flexibility index (Phi) is 9.70. The summed E-state index contributed by atoms with van der Waals surface area (Å²) in [4.78, 5) is 0. The van der Waals surface area contributed by atoms with Gasteiger partial charge in [-0.25, -0.2) is 0 Å². The van der Waals surface area contributed by atoms with E-state index in [1.165, 1.54) is 11.1 Å². The second-order valence-corrected chi connectivity index (χ2v) is 17.1. The van der Waals surface area contributed by atoms with Crippen LogP contribution in [0.4, 0.5) is 0 Å². The summed E-state index contributed by atoms with van der Waals surface area (Å²) in [6.07, 6.45) is 2.36. The van der Waals surface area contributed by atoms with Crippen LogP contribution in [0, 0.1) is 0 Å². The predicted molar refractivity (Wildman–Crippen MR) is 167 cm³/mol. The van der Waals surface area contributed by atoms with Crippen LogP contribution in [0.2, 0.25) is 18.1 Å². The van der Waals surface area contributed by atoms with E-state index in [9.17, 15) is 0 Å². The van der Waals surface area contributed by atoms with Crippen molar-refractivity contribution in [2.45, 2.75) is 82.6 Å². The fourth-order valence-electron chi connectivity index (χ4n) is 5.06. The summed E-state index contributed by atoms with van der Waals surface area (Å²) in [5.41, 5.74) is 10.2. The van der Waals surface area contributed by atoms with E-state index in [4.69, 9.17) is 19.6 Å². The Bertz CT molecular complexity index is 1240. The lowest BCUT2D eigenvalue weighted by Gasteiger charge is -2.43. The molecule has 3 aromatic carbocycles. The molecular weight excluding hydrogens is 512 g/mol. The molecule has 0 fully saturated rings. The maximum absolute atomic E-state index is 7.06. The van der Waals surface area contributed by atoms with Crippen LogP contribution >= 0.6 is 0 Å². The van der Waals surface area contributed by atoms with Crippen molar-refractivity contribution in [2.75, 3.05) is 6.61 Å². The van der Waals surface area contributed by atoms with E-state index in [1.54, 1.807) is 6.08 Å². The molecule has 0 aromatic heterocycles. The second kappa shape index (κ2) is 12.8. The summed E-state index contributed by atoms with van der Waals surface area (Å²) < 4.78 is 19.5. The molecule has 1 aliphatic carbocycles. The number of rotatable bonds is 12. The van der Waals surface area contributed by atoms with Crippen molar-refractivity contribution in [1.82, 2.24) is 5.32 Å². The number of nitrogens with two attached hydrogens (primary N) is 1. The third-order valence-electron chi connectivity index (χ3n) is 8.25. The number of para-hydroxylation sites is 1. The van der Waals surface area contributed by atoms with Crippen LogP contribution in [0.1, 0.15) is 69.0 Å². The predicted octanol–water partition coefficient (Wildman–Crippen LogP) is 8.24. The molecule has 6 heteroatoms. The van der Waals surface area contributed by atoms with Crippen LogP contribution < -0.4 is 15.8 Å². The third kappa shape index (κ3) is 7.12. The second-order valence-electron chi connectivity index (χ2n) is 12.4. The smallest absolute Gasteiger partial charge is 0.192 e. The van der Waals surface area contributed by atoms with E-state index >= 15 is 0 Å². The molecule has 3 aromatic rings. The van der Waals surface area contributed by atoms with Gasteiger partial charge in [0.25, 0.3) is 0 Å². The molecular formula is C34H46N2O3Si. The molecule has 214 valence electrons. The maximum Gasteiger partial charge on any atom is 0.192 e. The van der Waals surface area contributed by atoms with Gasteiger partial charge in [-0.1, -0.05) is 81.4 Å². The highest BCUT2D eigenvalue weighted by atomic mass is 28.4. The van der Waals surface area contributed by atoms with E-state index < -0.39 is 8.32 Å². The van der Waals surface area contributed by atoms with Crippen LogP contribution in [0.25, 0.3) is 0 Å². The maximum atomic E-state index is 7.06. The van der Waals surface area contributed by atoms with Gasteiger partial charge in [0.05, 0.1) is 24.9 Å². The van der Waals surface area contributed by atoms with E-state index in [-0.39, 0.29) is 35.4 Å². The standard InChI is InChI=1S/C34H46N2O3Si/c1-8-21-37-31-23-30(29-22-27(19-20-28(29)31)38-26-17-13-10-14-18-26)36-32(25-15-11-9-12-16-25)33(24(2)35)39-40(6,7)34(3,4)5/h8-20,22,24,30-33,36H,1,21,23,35H2,2-7H3/t24-,30?,31?,32?,33+/m0/s1. The minimum atomic E-state index is -2.11. The van der Waals surface area contributed by atoms with Crippen molar-refractivity contribution < 1.29 is 13.9 Å². The zero-order valence-corrected chi connectivity index (χ0v) is 25.9. The Morgan fingerprint density at radius 2 is 1.62 bits per heavy atom. The molecule has 0 spiro atoms. The van der Waals surface area contributed by atoms with Gasteiger partial charge in [-0.15, -0.1) is 6.58 Å².